The minimum Gasteiger partial charge on any atom is -0.478 e. The van der Waals surface area contributed by atoms with Crippen molar-refractivity contribution in [3.8, 4) is 11.9 Å². The lowest BCUT2D eigenvalue weighted by Gasteiger charge is -2.33. The number of aromatic nitrogens is 3. The predicted octanol–water partition coefficient (Wildman–Crippen LogP) is 2.22. The second-order valence-corrected chi connectivity index (χ2v) is 5.55. The molecule has 1 N–H and O–H groups in total. The van der Waals surface area contributed by atoms with Crippen LogP contribution in [0.25, 0.3) is 0 Å². The molecule has 0 bridgehead atoms. The summed E-state index contributed by atoms with van der Waals surface area (Å²) in [6, 6.07) is 9.95. The van der Waals surface area contributed by atoms with Crippen LogP contribution in [0.5, 0.6) is 5.88 Å². The number of hydrogen-bond donors (Lipinski definition) is 1. The van der Waals surface area contributed by atoms with Crippen LogP contribution in [0.1, 0.15) is 25.6 Å². The SMILES string of the molecule is CCOc1cccc(N2CCC(Nc3ccnc(C#N)n3)CC2)n1. The molecule has 0 saturated carbocycles. The van der Waals surface area contributed by atoms with Gasteiger partial charge >= 0.3 is 0 Å². The van der Waals surface area contributed by atoms with Crippen LogP contribution in [0.2, 0.25) is 0 Å². The average molecular weight is 324 g/mol. The minimum absolute atomic E-state index is 0.189. The molecule has 0 radical (unpaired) electrons. The molecule has 7 heteroatoms. The van der Waals surface area contributed by atoms with E-state index in [1.54, 1.807) is 12.3 Å². The van der Waals surface area contributed by atoms with Crippen molar-refractivity contribution >= 4 is 11.6 Å². The Morgan fingerprint density at radius 1 is 1.29 bits per heavy atom. The minimum atomic E-state index is 0.189. The second-order valence-electron chi connectivity index (χ2n) is 5.55. The van der Waals surface area contributed by atoms with Gasteiger partial charge in [-0.3, -0.25) is 0 Å². The number of nitriles is 1. The number of piperidine rings is 1. The van der Waals surface area contributed by atoms with Crippen molar-refractivity contribution in [2.45, 2.75) is 25.8 Å². The number of nitrogens with one attached hydrogen (secondary N) is 1. The van der Waals surface area contributed by atoms with Gasteiger partial charge in [0.1, 0.15) is 17.7 Å². The molecule has 1 saturated heterocycles. The van der Waals surface area contributed by atoms with Gasteiger partial charge in [-0.05, 0) is 31.9 Å². The number of hydrogen-bond acceptors (Lipinski definition) is 7. The van der Waals surface area contributed by atoms with Crippen molar-refractivity contribution in [2.24, 2.45) is 0 Å². The molecule has 24 heavy (non-hydrogen) atoms. The highest BCUT2D eigenvalue weighted by Gasteiger charge is 2.20. The van der Waals surface area contributed by atoms with Crippen LogP contribution in [0.4, 0.5) is 11.6 Å². The molecule has 0 aromatic carbocycles. The summed E-state index contributed by atoms with van der Waals surface area (Å²) < 4.78 is 5.47. The summed E-state index contributed by atoms with van der Waals surface area (Å²) in [5.41, 5.74) is 0. The van der Waals surface area contributed by atoms with Crippen molar-refractivity contribution in [3.63, 3.8) is 0 Å². The summed E-state index contributed by atoms with van der Waals surface area (Å²) in [4.78, 5) is 14.9. The third-order valence-electron chi connectivity index (χ3n) is 3.93. The zero-order valence-corrected chi connectivity index (χ0v) is 13.6. The quantitative estimate of drug-likeness (QED) is 0.902. The fourth-order valence-electron chi connectivity index (χ4n) is 2.76. The molecule has 1 fully saturated rings. The zero-order chi connectivity index (χ0) is 16.8. The van der Waals surface area contributed by atoms with Crippen LogP contribution in [0, 0.1) is 11.3 Å². The van der Waals surface area contributed by atoms with E-state index in [-0.39, 0.29) is 5.82 Å². The predicted molar refractivity (Wildman–Crippen MR) is 91.0 cm³/mol. The summed E-state index contributed by atoms with van der Waals surface area (Å²) in [7, 11) is 0. The topological polar surface area (TPSA) is 87.0 Å². The summed E-state index contributed by atoms with van der Waals surface area (Å²) in [6.07, 6.45) is 3.56. The van der Waals surface area contributed by atoms with Gasteiger partial charge in [-0.2, -0.15) is 10.2 Å². The van der Waals surface area contributed by atoms with Crippen molar-refractivity contribution in [2.75, 3.05) is 29.9 Å². The van der Waals surface area contributed by atoms with Crippen LogP contribution in [-0.4, -0.2) is 40.7 Å². The number of ether oxygens (including phenoxy) is 1. The Morgan fingerprint density at radius 2 is 2.12 bits per heavy atom. The Balaban J connectivity index is 1.57. The first kappa shape index (κ1) is 16.0. The molecule has 124 valence electrons. The normalized spacial score (nSPS) is 14.9. The fraction of sp³-hybridized carbons (Fsp3) is 0.412. The number of nitrogens with zero attached hydrogens (tertiary/aromatic N) is 5. The van der Waals surface area contributed by atoms with E-state index in [1.165, 1.54) is 0 Å². The van der Waals surface area contributed by atoms with Gasteiger partial charge in [0.25, 0.3) is 0 Å². The van der Waals surface area contributed by atoms with Gasteiger partial charge in [-0.25, -0.2) is 9.97 Å². The third-order valence-corrected chi connectivity index (χ3v) is 3.93. The maximum absolute atomic E-state index is 8.86. The van der Waals surface area contributed by atoms with E-state index in [1.807, 2.05) is 31.2 Å². The van der Waals surface area contributed by atoms with Crippen molar-refractivity contribution in [1.29, 1.82) is 5.26 Å². The lowest BCUT2D eigenvalue weighted by Crippen LogP contribution is -2.39. The molecule has 1 aliphatic rings. The van der Waals surface area contributed by atoms with E-state index < -0.39 is 0 Å². The van der Waals surface area contributed by atoms with E-state index >= 15 is 0 Å². The number of anilines is 2. The summed E-state index contributed by atoms with van der Waals surface area (Å²) >= 11 is 0. The van der Waals surface area contributed by atoms with E-state index in [4.69, 9.17) is 10.00 Å². The molecule has 0 atom stereocenters. The maximum atomic E-state index is 8.86. The Morgan fingerprint density at radius 3 is 2.88 bits per heavy atom. The largest absolute Gasteiger partial charge is 0.478 e. The molecular formula is C17H20N6O. The lowest BCUT2D eigenvalue weighted by molar-refractivity contribution is 0.326. The molecule has 0 spiro atoms. The molecule has 0 unspecified atom stereocenters. The van der Waals surface area contributed by atoms with E-state index in [9.17, 15) is 0 Å². The first-order valence-electron chi connectivity index (χ1n) is 8.13. The van der Waals surface area contributed by atoms with E-state index in [2.05, 4.69) is 25.2 Å². The Labute approximate surface area is 141 Å². The zero-order valence-electron chi connectivity index (χ0n) is 13.6. The van der Waals surface area contributed by atoms with Gasteiger partial charge in [0, 0.05) is 31.4 Å². The monoisotopic (exact) mass is 324 g/mol. The molecule has 3 heterocycles. The molecule has 2 aromatic rings. The van der Waals surface area contributed by atoms with Crippen molar-refractivity contribution in [3.05, 3.63) is 36.3 Å². The van der Waals surface area contributed by atoms with Gasteiger partial charge < -0.3 is 15.0 Å². The summed E-state index contributed by atoms with van der Waals surface area (Å²) in [5, 5.41) is 12.2. The Hall–Kier alpha value is -2.88. The molecule has 2 aromatic heterocycles. The highest BCUT2D eigenvalue weighted by Crippen LogP contribution is 2.22. The fourth-order valence-corrected chi connectivity index (χ4v) is 2.76. The van der Waals surface area contributed by atoms with Gasteiger partial charge in [0.2, 0.25) is 11.7 Å². The number of rotatable bonds is 5. The number of pyridine rings is 1. The standard InChI is InChI=1S/C17H20N6O/c1-2-24-17-5-3-4-16(22-17)23-10-7-13(8-11-23)20-14-6-9-19-15(12-18)21-14/h3-6,9,13H,2,7-8,10-11H2,1H3,(H,19,20,21). The van der Waals surface area contributed by atoms with Gasteiger partial charge in [-0.1, -0.05) is 6.07 Å². The molecule has 3 rings (SSSR count). The lowest BCUT2D eigenvalue weighted by atomic mass is 10.1. The third kappa shape index (κ3) is 3.90. The Bertz CT molecular complexity index is 721. The van der Waals surface area contributed by atoms with Crippen LogP contribution < -0.4 is 15.0 Å². The van der Waals surface area contributed by atoms with Crippen LogP contribution in [0.15, 0.2) is 30.5 Å². The highest BCUT2D eigenvalue weighted by atomic mass is 16.5. The molecule has 1 aliphatic heterocycles. The van der Waals surface area contributed by atoms with Gasteiger partial charge in [-0.15, -0.1) is 0 Å². The van der Waals surface area contributed by atoms with E-state index in [0.717, 1.165) is 31.7 Å². The van der Waals surface area contributed by atoms with Crippen molar-refractivity contribution in [1.82, 2.24) is 15.0 Å². The highest BCUT2D eigenvalue weighted by molar-refractivity contribution is 5.42. The summed E-state index contributed by atoms with van der Waals surface area (Å²) in [5.74, 6) is 2.51. The first-order chi connectivity index (χ1) is 11.8. The average Bonchev–Trinajstić information content (AvgIpc) is 2.63. The second kappa shape index (κ2) is 7.59. The van der Waals surface area contributed by atoms with Gasteiger partial charge in [0.15, 0.2) is 0 Å². The van der Waals surface area contributed by atoms with E-state index in [0.29, 0.717) is 24.3 Å². The van der Waals surface area contributed by atoms with Crippen LogP contribution in [0.3, 0.4) is 0 Å². The van der Waals surface area contributed by atoms with Crippen LogP contribution in [-0.2, 0) is 0 Å². The van der Waals surface area contributed by atoms with Gasteiger partial charge in [0.05, 0.1) is 6.61 Å². The molecule has 7 nitrogen and oxygen atoms in total. The smallest absolute Gasteiger partial charge is 0.234 e. The molecule has 0 aliphatic carbocycles. The van der Waals surface area contributed by atoms with Crippen molar-refractivity contribution < 1.29 is 4.74 Å². The molecule has 0 amide bonds. The summed E-state index contributed by atoms with van der Waals surface area (Å²) in [6.45, 7) is 4.40. The Kier molecular flexibility index (Phi) is 5.06. The first-order valence-corrected chi connectivity index (χ1v) is 8.13. The van der Waals surface area contributed by atoms with Crippen LogP contribution >= 0.6 is 0 Å². The maximum Gasteiger partial charge on any atom is 0.234 e. The molecular weight excluding hydrogens is 304 g/mol.